The van der Waals surface area contributed by atoms with E-state index in [1.54, 1.807) is 12.1 Å². The Bertz CT molecular complexity index is 723. The zero-order valence-electron chi connectivity index (χ0n) is 14.6. The second-order valence-electron chi connectivity index (χ2n) is 6.65. The van der Waals surface area contributed by atoms with Crippen molar-refractivity contribution in [2.45, 2.75) is 32.2 Å². The van der Waals surface area contributed by atoms with Crippen LogP contribution in [0.5, 0.6) is 0 Å². The summed E-state index contributed by atoms with van der Waals surface area (Å²) in [7, 11) is 0. The number of amides is 2. The normalized spacial score (nSPS) is 15.0. The minimum Gasteiger partial charge on any atom is -0.352 e. The van der Waals surface area contributed by atoms with E-state index in [2.05, 4.69) is 5.32 Å². The van der Waals surface area contributed by atoms with E-state index in [9.17, 15) is 14.0 Å². The number of thiophene rings is 1. The van der Waals surface area contributed by atoms with Crippen LogP contribution >= 0.6 is 11.3 Å². The highest BCUT2D eigenvalue weighted by molar-refractivity contribution is 7.12. The van der Waals surface area contributed by atoms with E-state index in [1.165, 1.54) is 23.5 Å². The highest BCUT2D eigenvalue weighted by Gasteiger charge is 2.24. The molecule has 2 amide bonds. The summed E-state index contributed by atoms with van der Waals surface area (Å²) in [6.45, 7) is 1.95. The molecule has 0 unspecified atom stereocenters. The second-order valence-corrected chi connectivity index (χ2v) is 7.60. The molecule has 1 fully saturated rings. The highest BCUT2D eigenvalue weighted by Crippen LogP contribution is 2.24. The van der Waals surface area contributed by atoms with Crippen molar-refractivity contribution >= 4 is 23.2 Å². The number of benzene rings is 1. The third-order valence-electron chi connectivity index (χ3n) is 4.82. The van der Waals surface area contributed by atoms with Gasteiger partial charge in [0.2, 0.25) is 5.91 Å². The van der Waals surface area contributed by atoms with E-state index < -0.39 is 0 Å². The molecule has 4 nitrogen and oxygen atoms in total. The summed E-state index contributed by atoms with van der Waals surface area (Å²) in [6.07, 6.45) is 3.23. The summed E-state index contributed by atoms with van der Waals surface area (Å²) in [5, 5.41) is 4.80. The first-order valence-electron chi connectivity index (χ1n) is 8.96. The second kappa shape index (κ2) is 8.94. The van der Waals surface area contributed by atoms with Crippen molar-refractivity contribution in [1.82, 2.24) is 10.2 Å². The molecule has 1 aromatic heterocycles. The Kier molecular flexibility index (Phi) is 6.39. The number of nitrogens with one attached hydrogen (secondary N) is 1. The molecule has 1 aromatic carbocycles. The maximum absolute atomic E-state index is 12.9. The van der Waals surface area contributed by atoms with Gasteiger partial charge in [0.05, 0.1) is 4.88 Å². The molecule has 1 N–H and O–H groups in total. The first-order valence-corrected chi connectivity index (χ1v) is 9.83. The number of carbonyl (C=O) groups is 2. The van der Waals surface area contributed by atoms with Crippen LogP contribution in [0.2, 0.25) is 0 Å². The molecule has 3 rings (SSSR count). The van der Waals surface area contributed by atoms with Crippen molar-refractivity contribution in [2.24, 2.45) is 5.92 Å². The van der Waals surface area contributed by atoms with Gasteiger partial charge < -0.3 is 10.2 Å². The highest BCUT2D eigenvalue weighted by atomic mass is 32.1. The Morgan fingerprint density at radius 3 is 2.54 bits per heavy atom. The standard InChI is InChI=1S/C20H23FN2O2S/c21-17-6-3-16(4-7-17)14-22-19(24)8-5-15-9-11-23(12-10-15)20(25)18-2-1-13-26-18/h1-4,6-7,13,15H,5,8-12,14H2,(H,22,24). The van der Waals surface area contributed by atoms with Crippen LogP contribution in [0.1, 0.15) is 40.9 Å². The fourth-order valence-corrected chi connectivity index (χ4v) is 3.90. The number of likely N-dealkylation sites (tertiary alicyclic amines) is 1. The van der Waals surface area contributed by atoms with Gasteiger partial charge in [-0.25, -0.2) is 4.39 Å². The number of carbonyl (C=O) groups excluding carboxylic acids is 2. The number of rotatable bonds is 6. The van der Waals surface area contributed by atoms with Crippen LogP contribution in [0.25, 0.3) is 0 Å². The minimum absolute atomic E-state index is 0.0198. The quantitative estimate of drug-likeness (QED) is 0.835. The summed E-state index contributed by atoms with van der Waals surface area (Å²) in [6, 6.07) is 9.91. The van der Waals surface area contributed by atoms with E-state index in [-0.39, 0.29) is 17.6 Å². The van der Waals surface area contributed by atoms with Crippen molar-refractivity contribution in [1.29, 1.82) is 0 Å². The molecule has 1 aliphatic rings. The average molecular weight is 374 g/mol. The first-order chi connectivity index (χ1) is 12.6. The Balaban J connectivity index is 1.35. The van der Waals surface area contributed by atoms with Crippen LogP contribution in [0, 0.1) is 11.7 Å². The Hall–Kier alpha value is -2.21. The summed E-state index contributed by atoms with van der Waals surface area (Å²) in [5.74, 6) is 0.352. The molecule has 2 aromatic rings. The Labute approximate surface area is 157 Å². The fourth-order valence-electron chi connectivity index (χ4n) is 3.21. The van der Waals surface area contributed by atoms with Gasteiger partial charge in [-0.2, -0.15) is 0 Å². The number of nitrogens with zero attached hydrogens (tertiary/aromatic N) is 1. The van der Waals surface area contributed by atoms with Crippen LogP contribution in [-0.2, 0) is 11.3 Å². The van der Waals surface area contributed by atoms with Gasteiger partial charge in [0.1, 0.15) is 5.82 Å². The van der Waals surface area contributed by atoms with Crippen LogP contribution in [0.4, 0.5) is 4.39 Å². The van der Waals surface area contributed by atoms with Crippen molar-refractivity contribution in [3.05, 3.63) is 58.0 Å². The van der Waals surface area contributed by atoms with Crippen LogP contribution in [0.15, 0.2) is 41.8 Å². The molecule has 1 aliphatic heterocycles. The molecule has 0 radical (unpaired) electrons. The van der Waals surface area contributed by atoms with Gasteiger partial charge in [-0.15, -0.1) is 11.3 Å². The lowest BCUT2D eigenvalue weighted by molar-refractivity contribution is -0.121. The number of hydrogen-bond donors (Lipinski definition) is 1. The first kappa shape index (κ1) is 18.6. The average Bonchev–Trinajstić information content (AvgIpc) is 3.20. The monoisotopic (exact) mass is 374 g/mol. The van der Waals surface area contributed by atoms with Crippen LogP contribution in [-0.4, -0.2) is 29.8 Å². The number of hydrogen-bond acceptors (Lipinski definition) is 3. The molecule has 6 heteroatoms. The third-order valence-corrected chi connectivity index (χ3v) is 5.67. The smallest absolute Gasteiger partial charge is 0.263 e. The molecule has 26 heavy (non-hydrogen) atoms. The maximum Gasteiger partial charge on any atom is 0.263 e. The molecule has 0 aliphatic carbocycles. The van der Waals surface area contributed by atoms with Crippen molar-refractivity contribution in [3.63, 3.8) is 0 Å². The maximum atomic E-state index is 12.9. The zero-order chi connectivity index (χ0) is 18.4. The molecule has 1 saturated heterocycles. The predicted octanol–water partition coefficient (Wildman–Crippen LogP) is 3.84. The molecule has 0 atom stereocenters. The van der Waals surface area contributed by atoms with E-state index in [1.807, 2.05) is 22.4 Å². The van der Waals surface area contributed by atoms with Gasteiger partial charge in [-0.3, -0.25) is 9.59 Å². The lowest BCUT2D eigenvalue weighted by atomic mass is 9.92. The molecule has 138 valence electrons. The molecule has 2 heterocycles. The number of halogens is 1. The van der Waals surface area contributed by atoms with Gasteiger partial charge >= 0.3 is 0 Å². The van der Waals surface area contributed by atoms with E-state index in [0.717, 1.165) is 42.8 Å². The van der Waals surface area contributed by atoms with E-state index in [0.29, 0.717) is 18.9 Å². The Morgan fingerprint density at radius 2 is 1.88 bits per heavy atom. The fraction of sp³-hybridized carbons (Fsp3) is 0.400. The lowest BCUT2D eigenvalue weighted by Crippen LogP contribution is -2.38. The van der Waals surface area contributed by atoms with Crippen molar-refractivity contribution < 1.29 is 14.0 Å². The van der Waals surface area contributed by atoms with E-state index in [4.69, 9.17) is 0 Å². The molecule has 0 saturated carbocycles. The minimum atomic E-state index is -0.274. The summed E-state index contributed by atoms with van der Waals surface area (Å²) < 4.78 is 12.9. The van der Waals surface area contributed by atoms with Crippen molar-refractivity contribution in [2.75, 3.05) is 13.1 Å². The van der Waals surface area contributed by atoms with Crippen LogP contribution in [0.3, 0.4) is 0 Å². The topological polar surface area (TPSA) is 49.4 Å². The van der Waals surface area contributed by atoms with Gasteiger partial charge in [-0.1, -0.05) is 18.2 Å². The predicted molar refractivity (Wildman–Crippen MR) is 100 cm³/mol. The summed E-state index contributed by atoms with van der Waals surface area (Å²) in [4.78, 5) is 27.0. The summed E-state index contributed by atoms with van der Waals surface area (Å²) in [5.41, 5.74) is 0.889. The molecular formula is C20H23FN2O2S. The van der Waals surface area contributed by atoms with Crippen molar-refractivity contribution in [3.8, 4) is 0 Å². The zero-order valence-corrected chi connectivity index (χ0v) is 15.4. The number of piperidine rings is 1. The van der Waals surface area contributed by atoms with Gasteiger partial charge in [0, 0.05) is 26.1 Å². The van der Waals surface area contributed by atoms with Gasteiger partial charge in [-0.05, 0) is 54.3 Å². The molecule has 0 spiro atoms. The van der Waals surface area contributed by atoms with Crippen LogP contribution < -0.4 is 5.32 Å². The van der Waals surface area contributed by atoms with E-state index >= 15 is 0 Å². The van der Waals surface area contributed by atoms with Gasteiger partial charge in [0.15, 0.2) is 0 Å². The largest absolute Gasteiger partial charge is 0.352 e. The molecule has 0 bridgehead atoms. The lowest BCUT2D eigenvalue weighted by Gasteiger charge is -2.31. The SMILES string of the molecule is O=C(CCC1CCN(C(=O)c2cccs2)CC1)NCc1ccc(F)cc1. The Morgan fingerprint density at radius 1 is 1.15 bits per heavy atom. The molecular weight excluding hydrogens is 351 g/mol. The van der Waals surface area contributed by atoms with Gasteiger partial charge in [0.25, 0.3) is 5.91 Å². The third kappa shape index (κ3) is 5.14. The summed E-state index contributed by atoms with van der Waals surface area (Å²) >= 11 is 1.48.